The third kappa shape index (κ3) is 12.8. The van der Waals surface area contributed by atoms with Gasteiger partial charge in [0.2, 0.25) is 0 Å². The number of carbonyl (C=O) groups excluding carboxylic acids is 2. The van der Waals surface area contributed by atoms with E-state index in [0.29, 0.717) is 45.1 Å². The van der Waals surface area contributed by atoms with Crippen molar-refractivity contribution in [3.8, 4) is 0 Å². The molecule has 8 nitrogen and oxygen atoms in total. The summed E-state index contributed by atoms with van der Waals surface area (Å²) in [7, 11) is -3.98. The zero-order valence-corrected chi connectivity index (χ0v) is 48.1. The smallest absolute Gasteiger partial charge is 0.252 e. The highest BCUT2D eigenvalue weighted by Crippen LogP contribution is 2.50. The fourth-order valence-electron chi connectivity index (χ4n) is 9.18. The lowest BCUT2D eigenvalue weighted by atomic mass is 9.90. The Labute approximate surface area is 440 Å². The molecule has 0 spiro atoms. The van der Waals surface area contributed by atoms with Gasteiger partial charge in [-0.25, -0.2) is 0 Å². The summed E-state index contributed by atoms with van der Waals surface area (Å²) >= 11 is 25.2. The first kappa shape index (κ1) is 55.0. The van der Waals surface area contributed by atoms with E-state index in [1.165, 1.54) is 0 Å². The Balaban J connectivity index is 0.000000206. The van der Waals surface area contributed by atoms with Gasteiger partial charge < -0.3 is 28.1 Å². The summed E-state index contributed by atoms with van der Waals surface area (Å²) in [6, 6.07) is 30.4. The van der Waals surface area contributed by atoms with Crippen LogP contribution in [0.15, 0.2) is 97.1 Å². The second kappa shape index (κ2) is 22.0. The maximum atomic E-state index is 13.8. The van der Waals surface area contributed by atoms with Gasteiger partial charge in [0.15, 0.2) is 16.6 Å². The summed E-state index contributed by atoms with van der Waals surface area (Å²) in [5.41, 5.74) is 3.92. The van der Waals surface area contributed by atoms with Gasteiger partial charge in [0.05, 0.1) is 37.4 Å². The van der Waals surface area contributed by atoms with Gasteiger partial charge in [-0.2, -0.15) is 0 Å². The lowest BCUT2D eigenvalue weighted by Crippen LogP contribution is -2.57. The van der Waals surface area contributed by atoms with E-state index in [2.05, 4.69) is 77.5 Å². The molecule has 2 amide bonds. The number of hydrogen-bond donors (Lipinski definition) is 0. The number of hydrogen-bond acceptors (Lipinski definition) is 6. The van der Waals surface area contributed by atoms with Crippen LogP contribution in [0.2, 0.25) is 56.4 Å². The quantitative estimate of drug-likeness (QED) is 0.117. The van der Waals surface area contributed by atoms with E-state index in [1.54, 1.807) is 0 Å². The first-order valence-corrected chi connectivity index (χ1v) is 32.4. The average molecular weight is 1070 g/mol. The normalized spacial score (nSPS) is 24.5. The van der Waals surface area contributed by atoms with Crippen molar-refractivity contribution in [1.29, 1.82) is 0 Å². The molecule has 0 bridgehead atoms. The molecule has 2 saturated carbocycles. The highest BCUT2D eigenvalue weighted by Gasteiger charge is 2.52. The molecule has 4 aliphatic rings. The minimum absolute atomic E-state index is 0.00895. The van der Waals surface area contributed by atoms with Crippen LogP contribution in [0.1, 0.15) is 128 Å². The Hall–Kier alpha value is -2.75. The summed E-state index contributed by atoms with van der Waals surface area (Å²) in [5.74, 6) is 0.894. The van der Waals surface area contributed by atoms with E-state index in [9.17, 15) is 9.59 Å². The second-order valence-electron chi connectivity index (χ2n) is 22.9. The molecule has 380 valence electrons. The molecule has 0 aromatic heterocycles. The molecule has 2 aliphatic carbocycles. The van der Waals surface area contributed by atoms with Gasteiger partial charge in [-0.3, -0.25) is 9.59 Å². The number of nitrogens with zero attached hydrogens (tertiary/aromatic N) is 2. The third-order valence-corrected chi connectivity index (χ3v) is 25.7. The molecular formula is C56H74Cl4N2O6Si2. The molecule has 2 saturated heterocycles. The number of rotatable bonds is 14. The molecule has 0 radical (unpaired) electrons. The SMILES string of the molecule is C[C@@H]1O[C@H](c2cccc(Cl)c2)C(c2ccc(Cl)cc2)N([C@H](CO[Si](C)(C)C(C)(C)C)C2CC2)C1=O.C[C@H]1O[C@H](c2cccc(Cl)c2)C(c2ccc(Cl)cc2)N([C@H](CO[Si](C)(C)C(C)(C)C)C2CC2)C1=O. The van der Waals surface area contributed by atoms with Crippen LogP contribution in [0.5, 0.6) is 0 Å². The summed E-state index contributed by atoms with van der Waals surface area (Å²) < 4.78 is 26.2. The monoisotopic (exact) mass is 1070 g/mol. The van der Waals surface area contributed by atoms with E-state index >= 15 is 0 Å². The van der Waals surface area contributed by atoms with Crippen molar-refractivity contribution >= 4 is 74.9 Å². The topological polar surface area (TPSA) is 77.5 Å². The van der Waals surface area contributed by atoms with Crippen molar-refractivity contribution in [3.63, 3.8) is 0 Å². The Bertz CT molecular complexity index is 2270. The Morgan fingerprint density at radius 1 is 0.529 bits per heavy atom. The van der Waals surface area contributed by atoms with Gasteiger partial charge in [0, 0.05) is 20.1 Å². The van der Waals surface area contributed by atoms with Crippen LogP contribution in [0.3, 0.4) is 0 Å². The summed E-state index contributed by atoms with van der Waals surface area (Å²) in [6.45, 7) is 27.4. The van der Waals surface area contributed by atoms with Gasteiger partial charge in [-0.05, 0) is 158 Å². The van der Waals surface area contributed by atoms with Crippen LogP contribution in [0.25, 0.3) is 0 Å². The van der Waals surface area contributed by atoms with E-state index in [-0.39, 0.29) is 58.3 Å². The van der Waals surface area contributed by atoms with Crippen molar-refractivity contribution in [2.75, 3.05) is 13.2 Å². The van der Waals surface area contributed by atoms with Crippen molar-refractivity contribution < 1.29 is 27.9 Å². The lowest BCUT2D eigenvalue weighted by molar-refractivity contribution is -0.179. The number of amides is 2. The van der Waals surface area contributed by atoms with Crippen LogP contribution >= 0.6 is 46.4 Å². The molecule has 2 unspecified atom stereocenters. The zero-order chi connectivity index (χ0) is 51.1. The zero-order valence-electron chi connectivity index (χ0n) is 43.1. The molecule has 0 N–H and O–H groups in total. The molecule has 4 fully saturated rings. The van der Waals surface area contributed by atoms with Gasteiger partial charge in [0.1, 0.15) is 24.4 Å². The predicted molar refractivity (Wildman–Crippen MR) is 291 cm³/mol. The number of carbonyl (C=O) groups is 2. The van der Waals surface area contributed by atoms with Crippen molar-refractivity contribution in [2.24, 2.45) is 11.8 Å². The van der Waals surface area contributed by atoms with Gasteiger partial charge in [0.25, 0.3) is 11.8 Å². The van der Waals surface area contributed by atoms with Crippen molar-refractivity contribution in [1.82, 2.24) is 9.80 Å². The lowest BCUT2D eigenvalue weighted by Gasteiger charge is -2.48. The number of halogens is 4. The molecule has 4 aromatic carbocycles. The van der Waals surface area contributed by atoms with E-state index < -0.39 is 28.8 Å². The van der Waals surface area contributed by atoms with Gasteiger partial charge in [-0.15, -0.1) is 0 Å². The van der Waals surface area contributed by atoms with Crippen LogP contribution < -0.4 is 0 Å². The highest BCUT2D eigenvalue weighted by molar-refractivity contribution is 6.74. The first-order chi connectivity index (χ1) is 32.8. The minimum Gasteiger partial charge on any atom is -0.415 e. The third-order valence-electron chi connectivity index (χ3n) is 15.7. The molecule has 14 heteroatoms. The van der Waals surface area contributed by atoms with Crippen molar-refractivity contribution in [2.45, 2.75) is 166 Å². The maximum absolute atomic E-state index is 13.8. The Morgan fingerprint density at radius 2 is 0.857 bits per heavy atom. The Morgan fingerprint density at radius 3 is 1.14 bits per heavy atom. The number of morpholine rings is 2. The molecule has 2 aliphatic heterocycles. The number of benzene rings is 4. The van der Waals surface area contributed by atoms with E-state index in [4.69, 9.17) is 64.7 Å². The second-order valence-corrected chi connectivity index (χ2v) is 34.3. The molecule has 4 aromatic rings. The minimum atomic E-state index is -1.99. The molecular weight excluding hydrogens is 995 g/mol. The number of ether oxygens (including phenoxy) is 2. The van der Waals surface area contributed by atoms with E-state index in [1.807, 2.05) is 111 Å². The van der Waals surface area contributed by atoms with Gasteiger partial charge in [-0.1, -0.05) is 136 Å². The summed E-state index contributed by atoms with van der Waals surface area (Å²) in [6.07, 6.45) is 2.63. The summed E-state index contributed by atoms with van der Waals surface area (Å²) in [5, 5.41) is 2.83. The van der Waals surface area contributed by atoms with Crippen LogP contribution in [0.4, 0.5) is 0 Å². The largest absolute Gasteiger partial charge is 0.415 e. The maximum Gasteiger partial charge on any atom is 0.252 e. The van der Waals surface area contributed by atoms with Crippen LogP contribution in [-0.4, -0.2) is 75.8 Å². The highest BCUT2D eigenvalue weighted by atomic mass is 35.5. The van der Waals surface area contributed by atoms with Crippen molar-refractivity contribution in [3.05, 3.63) is 139 Å². The van der Waals surface area contributed by atoms with Crippen LogP contribution in [-0.2, 0) is 27.9 Å². The predicted octanol–water partition coefficient (Wildman–Crippen LogP) is 15.6. The van der Waals surface area contributed by atoms with E-state index in [0.717, 1.165) is 47.9 Å². The fraction of sp³-hybridized carbons (Fsp3) is 0.536. The molecule has 8 rings (SSSR count). The van der Waals surface area contributed by atoms with Crippen LogP contribution in [0, 0.1) is 11.8 Å². The molecule has 8 atom stereocenters. The fourth-order valence-corrected chi connectivity index (χ4v) is 11.9. The molecule has 2 heterocycles. The average Bonchev–Trinajstić information content (AvgIpc) is 4.23. The standard InChI is InChI=1S/2C28H37Cl2NO3Si/c2*1-18-27(32)31(24(19-10-11-19)17-33-35(5,6)28(2,3)4)25(20-12-14-22(29)15-13-20)26(34-18)21-8-7-9-23(30)16-21/h2*7-9,12-16,18-19,24-26H,10-11,17H2,1-6H3/t18-,24+,25?,26+;18-,24-,25?,26-/m01/s1. The first-order valence-electron chi connectivity index (χ1n) is 25.0. The molecule has 70 heavy (non-hydrogen) atoms. The van der Waals surface area contributed by atoms with Gasteiger partial charge >= 0.3 is 0 Å². The summed E-state index contributed by atoms with van der Waals surface area (Å²) in [4.78, 5) is 31.8. The Kier molecular flexibility index (Phi) is 17.3.